The van der Waals surface area contributed by atoms with E-state index in [0.29, 0.717) is 35.1 Å². The fourth-order valence-electron chi connectivity index (χ4n) is 3.08. The van der Waals surface area contributed by atoms with Gasteiger partial charge in [-0.3, -0.25) is 9.78 Å². The maximum absolute atomic E-state index is 12.3. The number of hydrogen-bond donors (Lipinski definition) is 4. The molecule has 0 saturated heterocycles. The molecule has 10 nitrogen and oxygen atoms in total. The first-order valence-corrected chi connectivity index (χ1v) is 11.0. The second kappa shape index (κ2) is 7.31. The lowest BCUT2D eigenvalue weighted by Gasteiger charge is -2.24. The van der Waals surface area contributed by atoms with Crippen LogP contribution in [-0.2, 0) is 32.9 Å². The summed E-state index contributed by atoms with van der Waals surface area (Å²) >= 11 is 0. The molecule has 0 atom stereocenters. The first-order chi connectivity index (χ1) is 13.1. The number of rotatable bonds is 7. The van der Waals surface area contributed by atoms with Gasteiger partial charge < -0.3 is 10.4 Å². The molecule has 2 aromatic carbocycles. The average molecular weight is 430 g/mol. The van der Waals surface area contributed by atoms with E-state index >= 15 is 0 Å². The van der Waals surface area contributed by atoms with Crippen molar-refractivity contribution in [3.05, 3.63) is 46.5 Å². The van der Waals surface area contributed by atoms with Crippen molar-refractivity contribution in [1.29, 1.82) is 0 Å². The van der Waals surface area contributed by atoms with E-state index in [9.17, 15) is 16.8 Å². The molecule has 2 aliphatic rings. The van der Waals surface area contributed by atoms with Crippen LogP contribution in [0.5, 0.6) is 11.5 Å². The highest BCUT2D eigenvalue weighted by Crippen LogP contribution is 2.40. The molecule has 0 heterocycles. The largest absolute Gasteiger partial charge is 0.302 e. The van der Waals surface area contributed by atoms with E-state index in [2.05, 4.69) is 0 Å². The second-order valence-corrected chi connectivity index (χ2v) is 9.52. The van der Waals surface area contributed by atoms with Crippen LogP contribution >= 0.6 is 0 Å². The van der Waals surface area contributed by atoms with Crippen molar-refractivity contribution in [2.45, 2.75) is 36.5 Å². The van der Waals surface area contributed by atoms with Crippen molar-refractivity contribution >= 4 is 20.0 Å². The van der Waals surface area contributed by atoms with Gasteiger partial charge in [0.1, 0.15) is 9.79 Å². The predicted molar refractivity (Wildman–Crippen MR) is 95.2 cm³/mol. The first-order valence-electron chi connectivity index (χ1n) is 8.03. The Labute approximate surface area is 161 Å². The summed E-state index contributed by atoms with van der Waals surface area (Å²) in [4.78, 5) is 12.2. The number of hydrogen-bond acceptors (Lipinski definition) is 8. The Morgan fingerprint density at radius 1 is 0.929 bits per heavy atom. The van der Waals surface area contributed by atoms with Gasteiger partial charge in [0.05, 0.1) is 0 Å². The topological polar surface area (TPSA) is 151 Å². The van der Waals surface area contributed by atoms with Crippen molar-refractivity contribution in [2.75, 3.05) is 0 Å². The van der Waals surface area contributed by atoms with Gasteiger partial charge in [-0.05, 0) is 55.5 Å². The van der Waals surface area contributed by atoms with Gasteiger partial charge in [-0.2, -0.15) is 0 Å². The number of nitrogens with one attached hydrogen (secondary N) is 2. The van der Waals surface area contributed by atoms with Crippen LogP contribution in [0.25, 0.3) is 0 Å². The van der Waals surface area contributed by atoms with Crippen LogP contribution in [0.15, 0.2) is 34.1 Å². The molecule has 12 heteroatoms. The molecule has 0 aliphatic heterocycles. The summed E-state index contributed by atoms with van der Waals surface area (Å²) < 4.78 is 48.5. The minimum absolute atomic E-state index is 0.144. The highest BCUT2D eigenvalue weighted by atomic mass is 32.2. The summed E-state index contributed by atoms with van der Waals surface area (Å²) in [6, 6.07) is 5.83. The van der Waals surface area contributed by atoms with Crippen LogP contribution in [0.4, 0.5) is 0 Å². The summed E-state index contributed by atoms with van der Waals surface area (Å²) in [5.74, 6) is -0.407. The molecular weight excluding hydrogens is 412 g/mol. The zero-order valence-corrected chi connectivity index (χ0v) is 16.5. The molecule has 4 N–H and O–H groups in total. The monoisotopic (exact) mass is 430 g/mol. The van der Waals surface area contributed by atoms with E-state index in [-0.39, 0.29) is 16.4 Å². The van der Waals surface area contributed by atoms with Crippen molar-refractivity contribution in [2.24, 2.45) is 0 Å². The second-order valence-electron chi connectivity index (χ2n) is 6.30. The van der Waals surface area contributed by atoms with E-state index in [1.807, 2.05) is 0 Å². The zero-order valence-electron chi connectivity index (χ0n) is 14.9. The first kappa shape index (κ1) is 20.5. The Hall–Kier alpha value is -2.22. The van der Waals surface area contributed by atoms with E-state index in [1.165, 1.54) is 21.9 Å². The molecule has 0 spiro atoms. The highest BCUT2D eigenvalue weighted by Gasteiger charge is 2.32. The molecule has 2 aliphatic carbocycles. The number of sulfonamides is 2. The molecule has 0 amide bonds. The van der Waals surface area contributed by atoms with Gasteiger partial charge in [0.2, 0.25) is 5.75 Å². The highest BCUT2D eigenvalue weighted by molar-refractivity contribution is 7.89. The van der Waals surface area contributed by atoms with Crippen LogP contribution in [0.2, 0.25) is 0 Å². The molecule has 0 saturated carbocycles. The minimum atomic E-state index is -4.28. The normalized spacial score (nSPS) is 13.6. The van der Waals surface area contributed by atoms with Gasteiger partial charge in [-0.15, -0.1) is 0 Å². The van der Waals surface area contributed by atoms with E-state index in [0.717, 1.165) is 0 Å². The number of aryl methyl sites for hydroxylation is 3. The van der Waals surface area contributed by atoms with Gasteiger partial charge >= 0.3 is 0 Å². The molecule has 152 valence electrons. The van der Waals surface area contributed by atoms with E-state index in [4.69, 9.17) is 20.2 Å². The summed E-state index contributed by atoms with van der Waals surface area (Å²) in [5, 5.41) is 18.0. The van der Waals surface area contributed by atoms with Crippen LogP contribution in [0.1, 0.15) is 22.3 Å². The molecule has 0 fully saturated rings. The van der Waals surface area contributed by atoms with Gasteiger partial charge in [0.15, 0.2) is 5.75 Å². The maximum Gasteiger partial charge on any atom is 0.266 e. The lowest BCUT2D eigenvalue weighted by molar-refractivity contribution is -0.107. The van der Waals surface area contributed by atoms with Crippen LogP contribution in [0.3, 0.4) is 0 Å². The Kier molecular flexibility index (Phi) is 5.36. The third-order valence-corrected chi connectivity index (χ3v) is 6.74. The molecule has 28 heavy (non-hydrogen) atoms. The Bertz CT molecular complexity index is 1140. The lowest BCUT2D eigenvalue weighted by atomic mass is 9.90. The van der Waals surface area contributed by atoms with Gasteiger partial charge in [0, 0.05) is 5.56 Å². The van der Waals surface area contributed by atoms with Gasteiger partial charge in [-0.25, -0.2) is 16.8 Å². The van der Waals surface area contributed by atoms with Gasteiger partial charge in [0.25, 0.3) is 20.0 Å². The maximum atomic E-state index is 12.3. The smallest absolute Gasteiger partial charge is 0.266 e. The Morgan fingerprint density at radius 2 is 1.61 bits per heavy atom. The van der Waals surface area contributed by atoms with Crippen LogP contribution in [-0.4, -0.2) is 27.3 Å². The van der Waals surface area contributed by atoms with Crippen LogP contribution in [0, 0.1) is 13.8 Å². The molecule has 2 aromatic rings. The average Bonchev–Trinajstić information content (AvgIpc) is 2.67. The molecule has 0 unspecified atom stereocenters. The Balaban J connectivity index is 2.06. The molecule has 0 radical (unpaired) electrons. The standard InChI is InChI=1S/C16H18N2O8S2/c1-9-3-6-13(14(7-9)27(21,22)17-19)25-26-15-11-4-5-12(10(2)8-11)16(15)28(23,24)18-20/h3,6-8,17-20H,4-5H2,1-2H3. The summed E-state index contributed by atoms with van der Waals surface area (Å²) in [5.41, 5.74) is 2.28. The molecular formula is C16H18N2O8S2. The quantitative estimate of drug-likeness (QED) is 0.377. The number of fused-ring (bicyclic) bond motifs is 3. The van der Waals surface area contributed by atoms with Crippen molar-refractivity contribution in [1.82, 2.24) is 9.77 Å². The van der Waals surface area contributed by atoms with Crippen molar-refractivity contribution < 1.29 is 37.0 Å². The lowest BCUT2D eigenvalue weighted by Crippen LogP contribution is -2.26. The SMILES string of the molecule is Cc1ccc(OOc2c3cc(C)c(c2S(=O)(=O)NO)CC3)c(S(=O)(=O)NO)c1. The van der Waals surface area contributed by atoms with E-state index in [1.54, 1.807) is 26.0 Å². The minimum Gasteiger partial charge on any atom is -0.302 e. The summed E-state index contributed by atoms with van der Waals surface area (Å²) in [7, 11) is -8.56. The van der Waals surface area contributed by atoms with Crippen molar-refractivity contribution in [3.8, 4) is 11.5 Å². The third kappa shape index (κ3) is 3.57. The number of benzene rings is 2. The zero-order chi connectivity index (χ0) is 20.7. The van der Waals surface area contributed by atoms with Gasteiger partial charge in [-0.1, -0.05) is 21.9 Å². The summed E-state index contributed by atoms with van der Waals surface area (Å²) in [6.07, 6.45) is 0.937. The van der Waals surface area contributed by atoms with Crippen molar-refractivity contribution in [3.63, 3.8) is 0 Å². The van der Waals surface area contributed by atoms with Crippen LogP contribution < -0.4 is 19.5 Å². The molecule has 4 rings (SSSR count). The Morgan fingerprint density at radius 3 is 2.21 bits per heavy atom. The third-order valence-electron chi connectivity index (χ3n) is 4.40. The molecule has 0 aromatic heterocycles. The van der Waals surface area contributed by atoms with E-state index < -0.39 is 24.9 Å². The fraction of sp³-hybridized carbons (Fsp3) is 0.250. The fourth-order valence-corrected chi connectivity index (χ4v) is 4.98. The predicted octanol–water partition coefficient (Wildman–Crippen LogP) is 1.11. The summed E-state index contributed by atoms with van der Waals surface area (Å²) in [6.45, 7) is 3.37. The molecule has 2 bridgehead atoms.